The molecule has 0 radical (unpaired) electrons. The lowest BCUT2D eigenvalue weighted by Gasteiger charge is -2.31. The van der Waals surface area contributed by atoms with Crippen molar-refractivity contribution in [1.82, 2.24) is 9.71 Å². The van der Waals surface area contributed by atoms with Crippen molar-refractivity contribution in [2.75, 3.05) is 5.43 Å². The maximum Gasteiger partial charge on any atom is 0.244 e. The number of hydrazine groups is 1. The molecule has 0 atom stereocenters. The molecule has 0 amide bonds. The molecule has 0 aliphatic rings. The maximum atomic E-state index is 12.5. The van der Waals surface area contributed by atoms with Gasteiger partial charge in [0.05, 0.1) is 0 Å². The first-order chi connectivity index (χ1) is 8.94. The van der Waals surface area contributed by atoms with E-state index in [4.69, 9.17) is 5.84 Å². The summed E-state index contributed by atoms with van der Waals surface area (Å²) in [4.78, 5) is 3.98. The van der Waals surface area contributed by atoms with Gasteiger partial charge in [-0.1, -0.05) is 20.8 Å². The number of pyridine rings is 1. The molecule has 4 N–H and O–H groups in total. The zero-order valence-electron chi connectivity index (χ0n) is 11.6. The summed E-state index contributed by atoms with van der Waals surface area (Å²) < 4.78 is 27.7. The third kappa shape index (κ3) is 3.43. The molecule has 6 nitrogen and oxygen atoms in total. The predicted molar refractivity (Wildman–Crippen MR) is 76.0 cm³/mol. The highest BCUT2D eigenvalue weighted by molar-refractivity contribution is 7.89. The average Bonchev–Trinajstić information content (AvgIpc) is 2.45. The zero-order valence-corrected chi connectivity index (χ0v) is 12.4. The minimum absolute atomic E-state index is 0.0669. The lowest BCUT2D eigenvalue weighted by Crippen LogP contribution is -2.47. The summed E-state index contributed by atoms with van der Waals surface area (Å²) in [5.74, 6) is 5.45. The Morgan fingerprint density at radius 3 is 2.32 bits per heavy atom. The smallest absolute Gasteiger partial charge is 0.244 e. The molecule has 0 saturated carbocycles. The predicted octanol–water partition coefficient (Wildman–Crippen LogP) is 1.61. The van der Waals surface area contributed by atoms with Gasteiger partial charge < -0.3 is 5.43 Å². The second-order valence-corrected chi connectivity index (χ2v) is 6.09. The highest BCUT2D eigenvalue weighted by Gasteiger charge is 2.31. The Morgan fingerprint density at radius 2 is 1.84 bits per heavy atom. The number of anilines is 1. The summed E-state index contributed by atoms with van der Waals surface area (Å²) in [6, 6.07) is 3.05. The van der Waals surface area contributed by atoms with E-state index in [0.717, 1.165) is 19.3 Å². The van der Waals surface area contributed by atoms with Crippen molar-refractivity contribution in [3.05, 3.63) is 18.3 Å². The van der Waals surface area contributed by atoms with Crippen LogP contribution in [0, 0.1) is 0 Å². The van der Waals surface area contributed by atoms with Gasteiger partial charge in [0, 0.05) is 11.7 Å². The van der Waals surface area contributed by atoms with E-state index in [0.29, 0.717) is 0 Å². The molecule has 1 rings (SSSR count). The van der Waals surface area contributed by atoms with Gasteiger partial charge in [0.1, 0.15) is 4.90 Å². The van der Waals surface area contributed by atoms with Gasteiger partial charge in [0.2, 0.25) is 10.0 Å². The summed E-state index contributed by atoms with van der Waals surface area (Å²) >= 11 is 0. The molecule has 0 aromatic carbocycles. The fourth-order valence-electron chi connectivity index (χ4n) is 2.02. The molecule has 1 aromatic heterocycles. The second kappa shape index (κ2) is 6.31. The molecule has 0 bridgehead atoms. The Kier molecular flexibility index (Phi) is 5.28. The summed E-state index contributed by atoms with van der Waals surface area (Å²) in [5.41, 5.74) is 1.88. The number of sulfonamides is 1. The van der Waals surface area contributed by atoms with Crippen LogP contribution < -0.4 is 16.0 Å². The lowest BCUT2D eigenvalue weighted by molar-refractivity contribution is 0.342. The van der Waals surface area contributed by atoms with Crippen LogP contribution in [0.5, 0.6) is 0 Å². The van der Waals surface area contributed by atoms with Gasteiger partial charge in [0.25, 0.3) is 0 Å². The highest BCUT2D eigenvalue weighted by Crippen LogP contribution is 2.25. The van der Waals surface area contributed by atoms with Crippen LogP contribution in [-0.2, 0) is 10.0 Å². The van der Waals surface area contributed by atoms with Crippen molar-refractivity contribution in [2.45, 2.75) is 50.5 Å². The Balaban J connectivity index is 3.18. The first kappa shape index (κ1) is 15.9. The molecule has 0 spiro atoms. The zero-order chi connectivity index (χ0) is 14.5. The van der Waals surface area contributed by atoms with E-state index in [1.165, 1.54) is 12.3 Å². The molecule has 0 unspecified atom stereocenters. The number of hydrogen-bond acceptors (Lipinski definition) is 5. The van der Waals surface area contributed by atoms with E-state index in [1.54, 1.807) is 6.07 Å². The molecule has 0 aliphatic carbocycles. The Morgan fingerprint density at radius 1 is 1.26 bits per heavy atom. The summed E-state index contributed by atoms with van der Waals surface area (Å²) in [7, 11) is -3.65. The van der Waals surface area contributed by atoms with Crippen molar-refractivity contribution >= 4 is 15.8 Å². The van der Waals surface area contributed by atoms with Crippen molar-refractivity contribution in [2.24, 2.45) is 5.84 Å². The van der Waals surface area contributed by atoms with E-state index in [1.807, 2.05) is 20.8 Å². The molecular formula is C12H22N4O2S. The molecule has 0 fully saturated rings. The number of nitrogens with one attached hydrogen (secondary N) is 2. The molecule has 0 aliphatic heterocycles. The third-order valence-corrected chi connectivity index (χ3v) is 5.19. The van der Waals surface area contributed by atoms with Gasteiger partial charge in [-0.25, -0.2) is 24.0 Å². The number of nitrogens with zero attached hydrogens (tertiary/aromatic N) is 1. The minimum Gasteiger partial charge on any atom is -0.307 e. The number of aromatic nitrogens is 1. The normalized spacial score (nSPS) is 12.4. The number of nitrogens with two attached hydrogens (primary N) is 1. The minimum atomic E-state index is -3.65. The van der Waals surface area contributed by atoms with Crippen LogP contribution in [0.1, 0.15) is 40.0 Å². The molecule has 1 heterocycles. The van der Waals surface area contributed by atoms with E-state index in [2.05, 4.69) is 15.1 Å². The molecule has 108 valence electrons. The number of nitrogen functional groups attached to an aromatic ring is 1. The van der Waals surface area contributed by atoms with Gasteiger partial charge in [-0.3, -0.25) is 0 Å². The third-order valence-electron chi connectivity index (χ3n) is 3.58. The van der Waals surface area contributed by atoms with Crippen molar-refractivity contribution < 1.29 is 8.42 Å². The molecular weight excluding hydrogens is 264 g/mol. The van der Waals surface area contributed by atoms with E-state index in [9.17, 15) is 8.42 Å². The van der Waals surface area contributed by atoms with Gasteiger partial charge in [-0.2, -0.15) is 0 Å². The highest BCUT2D eigenvalue weighted by atomic mass is 32.2. The standard InChI is InChI=1S/C12H22N4O2S/c1-4-12(5-2,6-3)16-19(17,18)10-8-7-9-14-11(10)15-13/h7-9,16H,4-6,13H2,1-3H3,(H,14,15). The Hall–Kier alpha value is -1.18. The average molecular weight is 286 g/mol. The van der Waals surface area contributed by atoms with Gasteiger partial charge in [-0.05, 0) is 31.4 Å². The first-order valence-corrected chi connectivity index (χ1v) is 7.88. The van der Waals surface area contributed by atoms with Crippen LogP contribution in [-0.4, -0.2) is 18.9 Å². The first-order valence-electron chi connectivity index (χ1n) is 6.40. The Labute approximate surface area is 114 Å². The fraction of sp³-hybridized carbons (Fsp3) is 0.583. The second-order valence-electron chi connectivity index (χ2n) is 4.44. The van der Waals surface area contributed by atoms with Crippen LogP contribution in [0.2, 0.25) is 0 Å². The topological polar surface area (TPSA) is 97.1 Å². The lowest BCUT2D eigenvalue weighted by atomic mass is 9.91. The van der Waals surface area contributed by atoms with E-state index in [-0.39, 0.29) is 10.7 Å². The van der Waals surface area contributed by atoms with Gasteiger partial charge in [0.15, 0.2) is 5.82 Å². The summed E-state index contributed by atoms with van der Waals surface area (Å²) in [6.45, 7) is 5.92. The van der Waals surface area contributed by atoms with Crippen LogP contribution in [0.4, 0.5) is 5.82 Å². The summed E-state index contributed by atoms with van der Waals surface area (Å²) in [6.07, 6.45) is 3.67. The molecule has 0 saturated heterocycles. The fourth-order valence-corrected chi connectivity index (χ4v) is 3.76. The quantitative estimate of drug-likeness (QED) is 0.522. The molecule has 7 heteroatoms. The maximum absolute atomic E-state index is 12.5. The van der Waals surface area contributed by atoms with Gasteiger partial charge >= 0.3 is 0 Å². The largest absolute Gasteiger partial charge is 0.307 e. The molecule has 1 aromatic rings. The number of rotatable bonds is 7. The van der Waals surface area contributed by atoms with E-state index >= 15 is 0 Å². The van der Waals surface area contributed by atoms with Crippen molar-refractivity contribution in [1.29, 1.82) is 0 Å². The van der Waals surface area contributed by atoms with Crippen LogP contribution in [0.3, 0.4) is 0 Å². The van der Waals surface area contributed by atoms with Crippen LogP contribution in [0.25, 0.3) is 0 Å². The monoisotopic (exact) mass is 286 g/mol. The van der Waals surface area contributed by atoms with Crippen molar-refractivity contribution in [3.8, 4) is 0 Å². The molecule has 19 heavy (non-hydrogen) atoms. The van der Waals surface area contributed by atoms with Crippen LogP contribution >= 0.6 is 0 Å². The number of hydrogen-bond donors (Lipinski definition) is 3. The van der Waals surface area contributed by atoms with Crippen LogP contribution in [0.15, 0.2) is 23.2 Å². The van der Waals surface area contributed by atoms with Gasteiger partial charge in [-0.15, -0.1) is 0 Å². The SMILES string of the molecule is CCC(CC)(CC)NS(=O)(=O)c1cccnc1NN. The van der Waals surface area contributed by atoms with Crippen molar-refractivity contribution in [3.63, 3.8) is 0 Å². The van der Waals surface area contributed by atoms with E-state index < -0.39 is 15.6 Å². The summed E-state index contributed by atoms with van der Waals surface area (Å²) in [5, 5.41) is 0. The Bertz CT molecular complexity index is 504.